The highest BCUT2D eigenvalue weighted by Gasteiger charge is 2.16. The number of benzene rings is 3. The summed E-state index contributed by atoms with van der Waals surface area (Å²) in [4.78, 5) is 41.3. The normalized spacial score (nSPS) is 11.8. The van der Waals surface area contributed by atoms with Crippen molar-refractivity contribution in [3.63, 3.8) is 0 Å². The molecular formula is C25H20ClN3O7S2. The van der Waals surface area contributed by atoms with Gasteiger partial charge in [0.1, 0.15) is 6.54 Å². The van der Waals surface area contributed by atoms with Gasteiger partial charge in [0, 0.05) is 16.3 Å². The van der Waals surface area contributed by atoms with Gasteiger partial charge in [-0.3, -0.25) is 14.3 Å². The van der Waals surface area contributed by atoms with Crippen molar-refractivity contribution in [2.45, 2.75) is 11.4 Å². The quantitative estimate of drug-likeness (QED) is 0.332. The molecule has 1 heterocycles. The maximum Gasteiger partial charge on any atom is 0.337 e. The van der Waals surface area contributed by atoms with E-state index in [0.717, 1.165) is 11.3 Å². The van der Waals surface area contributed by atoms with Crippen LogP contribution in [0.5, 0.6) is 0 Å². The largest absolute Gasteiger partial charge is 0.468 e. The van der Waals surface area contributed by atoms with Crippen molar-refractivity contribution in [2.75, 3.05) is 18.9 Å². The van der Waals surface area contributed by atoms with Crippen molar-refractivity contribution in [2.24, 2.45) is 4.99 Å². The molecule has 4 aromatic rings. The lowest BCUT2D eigenvalue weighted by atomic mass is 10.2. The first-order valence-corrected chi connectivity index (χ1v) is 13.5. The molecule has 1 amide bonds. The summed E-state index contributed by atoms with van der Waals surface area (Å²) in [6, 6.07) is 16.2. The number of thiazole rings is 1. The lowest BCUT2D eigenvalue weighted by Gasteiger charge is -2.08. The van der Waals surface area contributed by atoms with Gasteiger partial charge in [-0.15, -0.1) is 0 Å². The molecule has 1 aromatic heterocycles. The molecule has 0 unspecified atom stereocenters. The van der Waals surface area contributed by atoms with Gasteiger partial charge in [-0.2, -0.15) is 4.99 Å². The molecule has 0 saturated carbocycles. The first kappa shape index (κ1) is 27.0. The fourth-order valence-corrected chi connectivity index (χ4v) is 5.66. The molecular weight excluding hydrogens is 554 g/mol. The summed E-state index contributed by atoms with van der Waals surface area (Å²) in [7, 11) is -1.34. The van der Waals surface area contributed by atoms with E-state index in [-0.39, 0.29) is 27.5 Å². The van der Waals surface area contributed by atoms with Gasteiger partial charge in [0.15, 0.2) is 4.80 Å². The van der Waals surface area contributed by atoms with E-state index in [4.69, 9.17) is 21.1 Å². The third-order valence-electron chi connectivity index (χ3n) is 5.32. The van der Waals surface area contributed by atoms with Crippen molar-refractivity contribution < 1.29 is 32.3 Å². The number of carbonyl (C=O) groups excluding carboxylic acids is 3. The molecule has 0 aliphatic heterocycles. The van der Waals surface area contributed by atoms with Crippen molar-refractivity contribution in [3.05, 3.63) is 87.7 Å². The zero-order valence-electron chi connectivity index (χ0n) is 20.0. The smallest absolute Gasteiger partial charge is 0.337 e. The molecule has 3 aromatic carbocycles. The molecule has 0 bridgehead atoms. The number of anilines is 1. The van der Waals surface area contributed by atoms with Gasteiger partial charge in [-0.05, 0) is 66.7 Å². The minimum atomic E-state index is -3.85. The van der Waals surface area contributed by atoms with Gasteiger partial charge in [0.2, 0.25) is 0 Å². The number of hydrogen-bond acceptors (Lipinski definition) is 8. The first-order valence-electron chi connectivity index (χ1n) is 10.9. The second-order valence-electron chi connectivity index (χ2n) is 7.77. The number of ether oxygens (including phenoxy) is 2. The fourth-order valence-electron chi connectivity index (χ4n) is 3.41. The van der Waals surface area contributed by atoms with E-state index < -0.39 is 27.9 Å². The number of fused-ring (bicyclic) bond motifs is 1. The van der Waals surface area contributed by atoms with Crippen LogP contribution in [-0.4, -0.2) is 45.1 Å². The molecule has 196 valence electrons. The van der Waals surface area contributed by atoms with Crippen molar-refractivity contribution in [1.82, 2.24) is 4.57 Å². The summed E-state index contributed by atoms with van der Waals surface area (Å²) in [6.07, 6.45) is 0. The average molecular weight is 574 g/mol. The Balaban J connectivity index is 1.64. The molecule has 10 nitrogen and oxygen atoms in total. The summed E-state index contributed by atoms with van der Waals surface area (Å²) < 4.78 is 39.3. The maximum atomic E-state index is 13.0. The monoisotopic (exact) mass is 573 g/mol. The van der Waals surface area contributed by atoms with Crippen LogP contribution in [-0.2, 0) is 30.8 Å². The Morgan fingerprint density at radius 1 is 0.947 bits per heavy atom. The second-order valence-corrected chi connectivity index (χ2v) is 10.9. The lowest BCUT2D eigenvalue weighted by Crippen LogP contribution is -2.22. The van der Waals surface area contributed by atoms with Crippen LogP contribution in [0, 0.1) is 0 Å². The Bertz CT molecular complexity index is 1710. The molecule has 0 saturated heterocycles. The molecule has 0 fully saturated rings. The van der Waals surface area contributed by atoms with Gasteiger partial charge in [0.05, 0.1) is 34.9 Å². The predicted octanol–water partition coefficient (Wildman–Crippen LogP) is 3.86. The molecule has 0 aliphatic carbocycles. The molecule has 0 atom stereocenters. The number of hydrogen-bond donors (Lipinski definition) is 1. The highest BCUT2D eigenvalue weighted by atomic mass is 35.5. The van der Waals surface area contributed by atoms with E-state index in [1.54, 1.807) is 18.2 Å². The Hall–Kier alpha value is -4.00. The number of nitrogens with one attached hydrogen (secondary N) is 1. The number of aromatic nitrogens is 1. The summed E-state index contributed by atoms with van der Waals surface area (Å²) in [5, 5.41) is 0.408. The van der Waals surface area contributed by atoms with Gasteiger partial charge < -0.3 is 14.0 Å². The third kappa shape index (κ3) is 5.93. The molecule has 38 heavy (non-hydrogen) atoms. The Labute approximate surface area is 226 Å². The third-order valence-corrected chi connectivity index (χ3v) is 8.01. The van der Waals surface area contributed by atoms with Crippen molar-refractivity contribution in [1.29, 1.82) is 0 Å². The Morgan fingerprint density at radius 2 is 1.61 bits per heavy atom. The number of nitrogens with zero attached hydrogens (tertiary/aromatic N) is 2. The van der Waals surface area contributed by atoms with E-state index in [9.17, 15) is 22.8 Å². The molecule has 0 radical (unpaired) electrons. The maximum absolute atomic E-state index is 13.0. The van der Waals surface area contributed by atoms with Crippen LogP contribution in [0.15, 0.2) is 76.6 Å². The highest BCUT2D eigenvalue weighted by Crippen LogP contribution is 2.21. The molecule has 1 N–H and O–H groups in total. The molecule has 0 aliphatic rings. The van der Waals surface area contributed by atoms with Gasteiger partial charge >= 0.3 is 11.9 Å². The van der Waals surface area contributed by atoms with E-state index >= 15 is 0 Å². The summed E-state index contributed by atoms with van der Waals surface area (Å²) in [5.74, 6) is -1.69. The highest BCUT2D eigenvalue weighted by molar-refractivity contribution is 7.92. The van der Waals surface area contributed by atoms with Gasteiger partial charge in [0.25, 0.3) is 15.9 Å². The molecule has 4 rings (SSSR count). The van der Waals surface area contributed by atoms with E-state index in [1.807, 2.05) is 0 Å². The van der Waals surface area contributed by atoms with Crippen LogP contribution in [0.25, 0.3) is 10.2 Å². The van der Waals surface area contributed by atoms with Gasteiger partial charge in [-0.1, -0.05) is 22.9 Å². The standard InChI is InChI=1S/C25H20ClN3O7S2/c1-35-22(30)14-29-20-12-5-16(24(32)36-2)13-21(20)37-25(29)27-23(31)15-3-8-18(9-4-15)28-38(33,34)19-10-6-17(26)7-11-19/h3-13,28H,14H2,1-2H3. The average Bonchev–Trinajstić information content (AvgIpc) is 3.24. The van der Waals surface area contributed by atoms with Crippen LogP contribution in [0.3, 0.4) is 0 Å². The number of carbonyl (C=O) groups is 3. The Morgan fingerprint density at radius 3 is 2.24 bits per heavy atom. The summed E-state index contributed by atoms with van der Waals surface area (Å²) in [5.41, 5.74) is 1.32. The van der Waals surface area contributed by atoms with Crippen LogP contribution in [0.1, 0.15) is 20.7 Å². The van der Waals surface area contributed by atoms with Crippen LogP contribution in [0.2, 0.25) is 5.02 Å². The number of halogens is 1. The number of sulfonamides is 1. The van der Waals surface area contributed by atoms with E-state index in [0.29, 0.717) is 20.8 Å². The van der Waals surface area contributed by atoms with E-state index in [1.165, 1.54) is 67.3 Å². The zero-order valence-corrected chi connectivity index (χ0v) is 22.4. The summed E-state index contributed by atoms with van der Waals surface area (Å²) >= 11 is 6.93. The van der Waals surface area contributed by atoms with Crippen LogP contribution < -0.4 is 9.52 Å². The number of esters is 2. The SMILES string of the molecule is COC(=O)Cn1c(=NC(=O)c2ccc(NS(=O)(=O)c3ccc(Cl)cc3)cc2)sc2cc(C(=O)OC)ccc21. The number of methoxy groups -OCH3 is 2. The van der Waals surface area contributed by atoms with Crippen molar-refractivity contribution in [3.8, 4) is 0 Å². The minimum Gasteiger partial charge on any atom is -0.468 e. The zero-order chi connectivity index (χ0) is 27.4. The predicted molar refractivity (Wildman–Crippen MR) is 142 cm³/mol. The van der Waals surface area contributed by atoms with Crippen LogP contribution in [0.4, 0.5) is 5.69 Å². The van der Waals surface area contributed by atoms with Crippen LogP contribution >= 0.6 is 22.9 Å². The van der Waals surface area contributed by atoms with Crippen molar-refractivity contribution >= 4 is 66.7 Å². The molecule has 0 spiro atoms. The number of amides is 1. The van der Waals surface area contributed by atoms with E-state index in [2.05, 4.69) is 9.71 Å². The lowest BCUT2D eigenvalue weighted by molar-refractivity contribution is -0.141. The Kier molecular flexibility index (Phi) is 7.95. The second kappa shape index (κ2) is 11.2. The summed E-state index contributed by atoms with van der Waals surface area (Å²) in [6.45, 7) is -0.203. The first-order chi connectivity index (χ1) is 18.1. The minimum absolute atomic E-state index is 0.0346. The molecule has 13 heteroatoms. The van der Waals surface area contributed by atoms with Gasteiger partial charge in [-0.25, -0.2) is 13.2 Å². The number of rotatable bonds is 7. The topological polar surface area (TPSA) is 133 Å². The fraction of sp³-hybridized carbons (Fsp3) is 0.120.